The molecule has 1 aromatic rings. The highest BCUT2D eigenvalue weighted by Crippen LogP contribution is 2.46. The standard InChI is InChI=1S/C9H8ClF3N2O2S/c10-6-2-5(11)1-4-3-9(12,13)8(7(4)6)15-18(14,16)17/h1-2,8,15H,3H2,(H2,14,16,17)/t8-/m1/s1. The predicted octanol–water partition coefficient (Wildman–Crippen LogP) is 1.50. The van der Waals surface area contributed by atoms with Gasteiger partial charge in [-0.3, -0.25) is 0 Å². The Morgan fingerprint density at radius 2 is 2.06 bits per heavy atom. The molecule has 1 aliphatic carbocycles. The Balaban J connectivity index is 2.55. The molecule has 1 aliphatic rings. The summed E-state index contributed by atoms with van der Waals surface area (Å²) in [4.78, 5) is 0. The van der Waals surface area contributed by atoms with Crippen molar-refractivity contribution >= 4 is 21.8 Å². The number of rotatable bonds is 2. The summed E-state index contributed by atoms with van der Waals surface area (Å²) in [7, 11) is -4.33. The minimum Gasteiger partial charge on any atom is -0.216 e. The Bertz CT molecular complexity index is 606. The molecule has 0 heterocycles. The zero-order valence-electron chi connectivity index (χ0n) is 8.75. The van der Waals surface area contributed by atoms with E-state index in [1.54, 1.807) is 4.72 Å². The summed E-state index contributed by atoms with van der Waals surface area (Å²) in [6.07, 6.45) is -0.799. The first-order valence-corrected chi connectivity index (χ1v) is 6.68. The average molecular weight is 301 g/mol. The van der Waals surface area contributed by atoms with E-state index in [1.807, 2.05) is 0 Å². The van der Waals surface area contributed by atoms with Crippen LogP contribution in [0.3, 0.4) is 0 Å². The van der Waals surface area contributed by atoms with Crippen molar-refractivity contribution in [2.75, 3.05) is 0 Å². The van der Waals surface area contributed by atoms with Gasteiger partial charge in [-0.25, -0.2) is 18.3 Å². The largest absolute Gasteiger partial charge is 0.275 e. The van der Waals surface area contributed by atoms with E-state index in [9.17, 15) is 21.6 Å². The van der Waals surface area contributed by atoms with Crippen molar-refractivity contribution in [1.29, 1.82) is 0 Å². The number of hydrogen-bond acceptors (Lipinski definition) is 2. The van der Waals surface area contributed by atoms with Crippen LogP contribution in [-0.2, 0) is 16.6 Å². The smallest absolute Gasteiger partial charge is 0.216 e. The van der Waals surface area contributed by atoms with Gasteiger partial charge >= 0.3 is 0 Å². The van der Waals surface area contributed by atoms with Crippen molar-refractivity contribution in [3.05, 3.63) is 34.1 Å². The van der Waals surface area contributed by atoms with Crippen LogP contribution in [0.4, 0.5) is 13.2 Å². The van der Waals surface area contributed by atoms with Crippen LogP contribution < -0.4 is 9.86 Å². The second-order valence-corrected chi connectivity index (χ2v) is 5.73. The third kappa shape index (κ3) is 2.46. The summed E-state index contributed by atoms with van der Waals surface area (Å²) in [6.45, 7) is 0. The van der Waals surface area contributed by atoms with Gasteiger partial charge in [-0.2, -0.15) is 13.1 Å². The van der Waals surface area contributed by atoms with E-state index < -0.39 is 34.4 Å². The van der Waals surface area contributed by atoms with Gasteiger partial charge in [0, 0.05) is 11.4 Å². The number of nitrogens with one attached hydrogen (secondary N) is 1. The molecule has 0 aliphatic heterocycles. The molecule has 0 aromatic heterocycles. The highest BCUT2D eigenvalue weighted by atomic mass is 35.5. The fourth-order valence-electron chi connectivity index (χ4n) is 1.98. The first-order chi connectivity index (χ1) is 8.10. The van der Waals surface area contributed by atoms with E-state index in [2.05, 4.69) is 5.14 Å². The van der Waals surface area contributed by atoms with Gasteiger partial charge in [0.2, 0.25) is 0 Å². The van der Waals surface area contributed by atoms with E-state index in [4.69, 9.17) is 11.6 Å². The Labute approximate surface area is 106 Å². The van der Waals surface area contributed by atoms with E-state index in [-0.39, 0.29) is 16.1 Å². The van der Waals surface area contributed by atoms with E-state index >= 15 is 0 Å². The number of fused-ring (bicyclic) bond motifs is 1. The van der Waals surface area contributed by atoms with Gasteiger partial charge in [0.25, 0.3) is 16.1 Å². The van der Waals surface area contributed by atoms with Gasteiger partial charge in [0.1, 0.15) is 11.9 Å². The summed E-state index contributed by atoms with van der Waals surface area (Å²) in [5.74, 6) is -4.17. The summed E-state index contributed by atoms with van der Waals surface area (Å²) < 4.78 is 63.8. The summed E-state index contributed by atoms with van der Waals surface area (Å²) in [6, 6.07) is -0.130. The lowest BCUT2D eigenvalue weighted by molar-refractivity contribution is -0.0187. The number of halogens is 4. The molecule has 9 heteroatoms. The zero-order chi connectivity index (χ0) is 13.7. The van der Waals surface area contributed by atoms with Crippen molar-refractivity contribution in [3.63, 3.8) is 0 Å². The van der Waals surface area contributed by atoms with Crippen molar-refractivity contribution < 1.29 is 21.6 Å². The topological polar surface area (TPSA) is 72.2 Å². The minimum absolute atomic E-state index is 0.0360. The second-order valence-electron chi connectivity index (χ2n) is 3.99. The number of hydrogen-bond donors (Lipinski definition) is 2. The van der Waals surface area contributed by atoms with Gasteiger partial charge in [0.05, 0.1) is 0 Å². The van der Waals surface area contributed by atoms with Crippen LogP contribution in [0.2, 0.25) is 5.02 Å². The molecule has 1 atom stereocenters. The molecule has 0 bridgehead atoms. The monoisotopic (exact) mass is 300 g/mol. The molecule has 0 saturated carbocycles. The Hall–Kier alpha value is -0.830. The van der Waals surface area contributed by atoms with Crippen LogP contribution >= 0.6 is 11.6 Å². The van der Waals surface area contributed by atoms with E-state index in [1.165, 1.54) is 0 Å². The van der Waals surface area contributed by atoms with Gasteiger partial charge < -0.3 is 0 Å². The maximum atomic E-state index is 13.7. The van der Waals surface area contributed by atoms with Crippen molar-refractivity contribution in [2.24, 2.45) is 5.14 Å². The summed E-state index contributed by atoms with van der Waals surface area (Å²) >= 11 is 5.68. The van der Waals surface area contributed by atoms with Crippen molar-refractivity contribution in [2.45, 2.75) is 18.4 Å². The summed E-state index contributed by atoms with van der Waals surface area (Å²) in [5, 5.41) is 4.42. The molecule has 0 amide bonds. The first-order valence-electron chi connectivity index (χ1n) is 4.76. The summed E-state index contributed by atoms with van der Waals surface area (Å²) in [5.41, 5.74) is -0.178. The fourth-order valence-corrected chi connectivity index (χ4v) is 2.94. The molecule has 0 spiro atoms. The van der Waals surface area contributed by atoms with Crippen molar-refractivity contribution in [1.82, 2.24) is 4.72 Å². The molecular formula is C9H8ClF3N2O2S. The molecular weight excluding hydrogens is 293 g/mol. The molecule has 3 N–H and O–H groups in total. The van der Waals surface area contributed by atoms with Gasteiger partial charge in [-0.1, -0.05) is 11.6 Å². The predicted molar refractivity (Wildman–Crippen MR) is 59.0 cm³/mol. The van der Waals surface area contributed by atoms with Gasteiger partial charge in [0.15, 0.2) is 0 Å². The number of alkyl halides is 2. The SMILES string of the molecule is NS(=O)(=O)N[C@@H]1c2c(Cl)cc(F)cc2CC1(F)F. The Morgan fingerprint density at radius 3 is 2.61 bits per heavy atom. The first kappa shape index (κ1) is 13.6. The van der Waals surface area contributed by atoms with E-state index in [0.29, 0.717) is 0 Å². The molecule has 4 nitrogen and oxygen atoms in total. The van der Waals surface area contributed by atoms with Crippen molar-refractivity contribution in [3.8, 4) is 0 Å². The molecule has 0 radical (unpaired) electrons. The maximum Gasteiger partial charge on any atom is 0.275 e. The van der Waals surface area contributed by atoms with Crippen LogP contribution in [0.15, 0.2) is 12.1 Å². The lowest BCUT2D eigenvalue weighted by Gasteiger charge is -2.20. The van der Waals surface area contributed by atoms with Crippen LogP contribution in [0, 0.1) is 5.82 Å². The third-order valence-corrected chi connectivity index (χ3v) is 3.48. The van der Waals surface area contributed by atoms with E-state index in [0.717, 1.165) is 12.1 Å². The molecule has 18 heavy (non-hydrogen) atoms. The molecule has 100 valence electrons. The van der Waals surface area contributed by atoms with Crippen LogP contribution in [-0.4, -0.2) is 14.3 Å². The van der Waals surface area contributed by atoms with Crippen LogP contribution in [0.25, 0.3) is 0 Å². The Kier molecular flexibility index (Phi) is 3.09. The maximum absolute atomic E-state index is 13.7. The molecule has 0 saturated heterocycles. The molecule has 0 fully saturated rings. The van der Waals surface area contributed by atoms with Crippen LogP contribution in [0.1, 0.15) is 17.2 Å². The lowest BCUT2D eigenvalue weighted by Crippen LogP contribution is -2.41. The second kappa shape index (κ2) is 4.09. The fraction of sp³-hybridized carbons (Fsp3) is 0.333. The molecule has 0 unspecified atom stereocenters. The molecule has 1 aromatic carbocycles. The highest BCUT2D eigenvalue weighted by molar-refractivity contribution is 7.87. The quantitative estimate of drug-likeness (QED) is 0.869. The average Bonchev–Trinajstić information content (AvgIpc) is 2.34. The highest BCUT2D eigenvalue weighted by Gasteiger charge is 2.50. The third-order valence-electron chi connectivity index (χ3n) is 2.60. The normalized spacial score (nSPS) is 21.9. The zero-order valence-corrected chi connectivity index (χ0v) is 10.3. The van der Waals surface area contributed by atoms with Gasteiger partial charge in [-0.05, 0) is 23.3 Å². The lowest BCUT2D eigenvalue weighted by atomic mass is 10.1. The Morgan fingerprint density at radius 1 is 1.44 bits per heavy atom. The van der Waals surface area contributed by atoms with Crippen LogP contribution in [0.5, 0.6) is 0 Å². The minimum atomic E-state index is -4.33. The molecule has 2 rings (SSSR count). The van der Waals surface area contributed by atoms with Gasteiger partial charge in [-0.15, -0.1) is 0 Å². The number of benzene rings is 1. The number of nitrogens with two attached hydrogens (primary N) is 1.